The average Bonchev–Trinajstić information content (AvgIpc) is 3.13. The van der Waals surface area contributed by atoms with E-state index in [0.29, 0.717) is 35.6 Å². The zero-order valence-corrected chi connectivity index (χ0v) is 26.0. The number of nitrogens with zero attached hydrogens (tertiary/aromatic N) is 3. The second-order valence-electron chi connectivity index (χ2n) is 11.9. The number of benzene rings is 2. The molecule has 1 saturated heterocycles. The molecular formula is C33H39F6N5O3. The first kappa shape index (κ1) is 35.9. The summed E-state index contributed by atoms with van der Waals surface area (Å²) in [5.41, 5.74) is 2.03. The van der Waals surface area contributed by atoms with Crippen molar-refractivity contribution in [2.24, 2.45) is 16.8 Å². The van der Waals surface area contributed by atoms with Gasteiger partial charge in [0.05, 0.1) is 18.1 Å². The Morgan fingerprint density at radius 2 is 1.47 bits per heavy atom. The monoisotopic (exact) mass is 667 g/mol. The third-order valence-corrected chi connectivity index (χ3v) is 8.47. The molecule has 4 rings (SSSR count). The SMILES string of the molecule is CN1C(=O)C(NC(=O)C(CCCC(F)(F)F)C(CCC(F)(F)F)C(=O)NCN2CCCCC2)N=C(c2ccccc2)c2ccccc21. The van der Waals surface area contributed by atoms with Crippen LogP contribution in [0.4, 0.5) is 32.0 Å². The molecule has 2 aromatic carbocycles. The van der Waals surface area contributed by atoms with E-state index in [-0.39, 0.29) is 6.67 Å². The maximum Gasteiger partial charge on any atom is 0.389 e. The maximum atomic E-state index is 13.9. The van der Waals surface area contributed by atoms with Gasteiger partial charge >= 0.3 is 12.4 Å². The van der Waals surface area contributed by atoms with Crippen LogP contribution in [0.2, 0.25) is 0 Å². The lowest BCUT2D eigenvalue weighted by Crippen LogP contribution is -2.51. The number of alkyl halides is 6. The van der Waals surface area contributed by atoms with Gasteiger partial charge in [-0.3, -0.25) is 19.3 Å². The Morgan fingerprint density at radius 3 is 2.13 bits per heavy atom. The lowest BCUT2D eigenvalue weighted by Gasteiger charge is -2.30. The molecule has 14 heteroatoms. The maximum absolute atomic E-state index is 13.9. The van der Waals surface area contributed by atoms with Gasteiger partial charge < -0.3 is 15.5 Å². The van der Waals surface area contributed by atoms with E-state index in [9.17, 15) is 40.7 Å². The van der Waals surface area contributed by atoms with Crippen molar-refractivity contribution >= 4 is 29.1 Å². The zero-order chi connectivity index (χ0) is 34.2. The minimum absolute atomic E-state index is 0.0349. The first-order valence-corrected chi connectivity index (χ1v) is 15.7. The summed E-state index contributed by atoms with van der Waals surface area (Å²) in [6.07, 6.45) is -12.7. The molecule has 2 aromatic rings. The number of likely N-dealkylation sites (tertiary alicyclic amines) is 1. The van der Waals surface area contributed by atoms with Crippen LogP contribution in [-0.2, 0) is 14.4 Å². The molecule has 8 nitrogen and oxygen atoms in total. The van der Waals surface area contributed by atoms with Gasteiger partial charge in [0, 0.05) is 42.9 Å². The number of likely N-dealkylation sites (N-methyl/N-ethyl adjacent to an activating group) is 1. The number of benzodiazepines with no additional fused rings is 1. The molecule has 0 bridgehead atoms. The number of para-hydroxylation sites is 1. The molecule has 1 fully saturated rings. The van der Waals surface area contributed by atoms with Crippen molar-refractivity contribution in [2.45, 2.75) is 69.9 Å². The van der Waals surface area contributed by atoms with Gasteiger partial charge in [0.25, 0.3) is 5.91 Å². The first-order chi connectivity index (χ1) is 22.2. The third-order valence-electron chi connectivity index (χ3n) is 8.47. The van der Waals surface area contributed by atoms with E-state index < -0.39 is 80.2 Å². The van der Waals surface area contributed by atoms with Crippen molar-refractivity contribution in [3.8, 4) is 0 Å². The molecule has 47 heavy (non-hydrogen) atoms. The van der Waals surface area contributed by atoms with E-state index in [1.807, 2.05) is 4.90 Å². The van der Waals surface area contributed by atoms with Crippen molar-refractivity contribution in [1.82, 2.24) is 15.5 Å². The van der Waals surface area contributed by atoms with Crippen LogP contribution in [0.5, 0.6) is 0 Å². The smallest absolute Gasteiger partial charge is 0.343 e. The van der Waals surface area contributed by atoms with E-state index in [4.69, 9.17) is 0 Å². The molecule has 2 N–H and O–H groups in total. The molecule has 0 saturated carbocycles. The fraction of sp³-hybridized carbons (Fsp3) is 0.515. The largest absolute Gasteiger partial charge is 0.389 e. The van der Waals surface area contributed by atoms with E-state index >= 15 is 0 Å². The predicted octanol–water partition coefficient (Wildman–Crippen LogP) is 5.81. The lowest BCUT2D eigenvalue weighted by molar-refractivity contribution is -0.148. The van der Waals surface area contributed by atoms with Gasteiger partial charge in [-0.05, 0) is 51.3 Å². The fourth-order valence-corrected chi connectivity index (χ4v) is 5.99. The van der Waals surface area contributed by atoms with Crippen LogP contribution in [-0.4, -0.2) is 73.7 Å². The van der Waals surface area contributed by atoms with Crippen molar-refractivity contribution in [3.05, 3.63) is 65.7 Å². The number of piperidine rings is 1. The Hall–Kier alpha value is -3.94. The summed E-state index contributed by atoms with van der Waals surface area (Å²) < 4.78 is 79.7. The summed E-state index contributed by atoms with van der Waals surface area (Å²) >= 11 is 0. The van der Waals surface area contributed by atoms with E-state index in [1.165, 1.54) is 11.9 Å². The van der Waals surface area contributed by atoms with Crippen LogP contribution in [0.1, 0.15) is 62.5 Å². The van der Waals surface area contributed by atoms with Crippen LogP contribution < -0.4 is 15.5 Å². The molecule has 0 spiro atoms. The van der Waals surface area contributed by atoms with Crippen LogP contribution in [0.15, 0.2) is 59.6 Å². The number of nitrogens with one attached hydrogen (secondary N) is 2. The number of anilines is 1. The molecule has 0 aliphatic carbocycles. The molecule has 2 aliphatic rings. The van der Waals surface area contributed by atoms with Crippen molar-refractivity contribution in [1.29, 1.82) is 0 Å². The second kappa shape index (κ2) is 15.8. The second-order valence-corrected chi connectivity index (χ2v) is 11.9. The van der Waals surface area contributed by atoms with Gasteiger partial charge in [-0.2, -0.15) is 26.3 Å². The first-order valence-electron chi connectivity index (χ1n) is 15.7. The zero-order valence-electron chi connectivity index (χ0n) is 26.0. The van der Waals surface area contributed by atoms with Crippen molar-refractivity contribution < 1.29 is 40.7 Å². The molecule has 256 valence electrons. The quantitative estimate of drug-likeness (QED) is 0.280. The molecule has 0 aromatic heterocycles. The van der Waals surface area contributed by atoms with Gasteiger partial charge in [0.1, 0.15) is 0 Å². The van der Waals surface area contributed by atoms with Crippen LogP contribution in [0.3, 0.4) is 0 Å². The Labute approximate surface area is 269 Å². The van der Waals surface area contributed by atoms with Crippen molar-refractivity contribution in [2.75, 3.05) is 31.7 Å². The number of hydrogen-bond donors (Lipinski definition) is 2. The summed E-state index contributed by atoms with van der Waals surface area (Å²) in [6.45, 7) is 1.38. The summed E-state index contributed by atoms with van der Waals surface area (Å²) in [5, 5.41) is 5.10. The third kappa shape index (κ3) is 10.3. The van der Waals surface area contributed by atoms with Crippen LogP contribution in [0, 0.1) is 11.8 Å². The minimum atomic E-state index is -4.68. The number of carbonyl (C=O) groups is 3. The highest BCUT2D eigenvalue weighted by atomic mass is 19.4. The molecule has 3 unspecified atom stereocenters. The van der Waals surface area contributed by atoms with Crippen LogP contribution in [0.25, 0.3) is 0 Å². The summed E-state index contributed by atoms with van der Waals surface area (Å²) in [5.74, 6) is -5.77. The summed E-state index contributed by atoms with van der Waals surface area (Å²) in [7, 11) is 1.48. The molecular weight excluding hydrogens is 628 g/mol. The number of fused-ring (bicyclic) bond motifs is 1. The molecule has 0 radical (unpaired) electrons. The topological polar surface area (TPSA) is 94.1 Å². The van der Waals surface area contributed by atoms with Gasteiger partial charge in [-0.15, -0.1) is 0 Å². The van der Waals surface area contributed by atoms with Crippen LogP contribution >= 0.6 is 0 Å². The van der Waals surface area contributed by atoms with Gasteiger partial charge in [-0.25, -0.2) is 4.99 Å². The Bertz CT molecular complexity index is 1410. The fourth-order valence-electron chi connectivity index (χ4n) is 5.99. The average molecular weight is 668 g/mol. The van der Waals surface area contributed by atoms with Gasteiger partial charge in [0.2, 0.25) is 18.0 Å². The Morgan fingerprint density at radius 1 is 0.851 bits per heavy atom. The number of aliphatic imine (C=N–C) groups is 1. The highest BCUT2D eigenvalue weighted by Crippen LogP contribution is 2.33. The standard InChI is InChI=1S/C33H39F6N5O3/c1-43-26-15-7-6-13-25(26)27(22-11-4-2-5-12-22)41-28(31(43)47)42-30(46)23(14-10-17-32(34,35)36)24(16-18-33(37,38)39)29(45)40-21-44-19-8-3-9-20-44/h2,4-7,11-13,15,23-24,28H,3,8-10,14,16-21H2,1H3,(H,40,45)(H,42,46). The minimum Gasteiger partial charge on any atom is -0.343 e. The predicted molar refractivity (Wildman–Crippen MR) is 164 cm³/mol. The summed E-state index contributed by atoms with van der Waals surface area (Å²) in [4.78, 5) is 48.8. The summed E-state index contributed by atoms with van der Waals surface area (Å²) in [6, 6.07) is 15.7. The molecule has 2 heterocycles. The van der Waals surface area contributed by atoms with Gasteiger partial charge in [-0.1, -0.05) is 55.0 Å². The molecule has 3 atom stereocenters. The van der Waals surface area contributed by atoms with Crippen molar-refractivity contribution in [3.63, 3.8) is 0 Å². The molecule has 3 amide bonds. The van der Waals surface area contributed by atoms with E-state index in [1.54, 1.807) is 54.6 Å². The Kier molecular flexibility index (Phi) is 12.0. The van der Waals surface area contributed by atoms with E-state index in [0.717, 1.165) is 19.3 Å². The number of hydrogen-bond acceptors (Lipinski definition) is 5. The lowest BCUT2D eigenvalue weighted by atomic mass is 9.83. The van der Waals surface area contributed by atoms with Gasteiger partial charge in [0.15, 0.2) is 0 Å². The normalized spacial score (nSPS) is 18.9. The highest BCUT2D eigenvalue weighted by Gasteiger charge is 2.40. The number of amides is 3. The number of halogens is 6. The highest BCUT2D eigenvalue weighted by molar-refractivity contribution is 6.20. The molecule has 2 aliphatic heterocycles. The Balaban J connectivity index is 1.66. The number of carbonyl (C=O) groups excluding carboxylic acids is 3. The van der Waals surface area contributed by atoms with E-state index in [2.05, 4.69) is 15.6 Å². The number of rotatable bonds is 12.